The van der Waals surface area contributed by atoms with Gasteiger partial charge in [0.2, 0.25) is 11.8 Å². The molecule has 186 valence electrons. The summed E-state index contributed by atoms with van der Waals surface area (Å²) in [6, 6.07) is -0.0557. The van der Waals surface area contributed by atoms with E-state index in [1.54, 1.807) is 4.90 Å². The largest absolute Gasteiger partial charge is 0.394 e. The minimum absolute atomic E-state index is 0.0902. The molecular formula is C26H48N2O4. The van der Waals surface area contributed by atoms with Crippen LogP contribution in [0.2, 0.25) is 0 Å². The second kappa shape index (κ2) is 18.0. The van der Waals surface area contributed by atoms with Gasteiger partial charge in [0.1, 0.15) is 6.29 Å². The van der Waals surface area contributed by atoms with Crippen LogP contribution in [0.25, 0.3) is 0 Å². The van der Waals surface area contributed by atoms with Crippen molar-refractivity contribution in [3.8, 4) is 0 Å². The van der Waals surface area contributed by atoms with Gasteiger partial charge in [-0.3, -0.25) is 9.59 Å². The Bertz CT molecular complexity index is 526. The van der Waals surface area contributed by atoms with Crippen molar-refractivity contribution >= 4 is 18.1 Å². The Morgan fingerprint density at radius 1 is 0.781 bits per heavy atom. The maximum absolute atomic E-state index is 11.7. The predicted molar refractivity (Wildman–Crippen MR) is 129 cm³/mol. The van der Waals surface area contributed by atoms with Gasteiger partial charge in [-0.05, 0) is 38.5 Å². The second-order valence-electron chi connectivity index (χ2n) is 9.33. The molecule has 2 rings (SSSR count). The highest BCUT2D eigenvalue weighted by Gasteiger charge is 2.27. The molecule has 2 heterocycles. The van der Waals surface area contributed by atoms with E-state index >= 15 is 0 Å². The predicted octanol–water partition coefficient (Wildman–Crippen LogP) is 4.87. The molecule has 0 aliphatic carbocycles. The van der Waals surface area contributed by atoms with Crippen LogP contribution in [0.4, 0.5) is 0 Å². The van der Waals surface area contributed by atoms with Gasteiger partial charge in [-0.1, -0.05) is 65.2 Å². The van der Waals surface area contributed by atoms with Gasteiger partial charge in [0.25, 0.3) is 0 Å². The van der Waals surface area contributed by atoms with Gasteiger partial charge in [-0.2, -0.15) is 0 Å². The first-order valence-electron chi connectivity index (χ1n) is 13.2. The quantitative estimate of drug-likeness (QED) is 0.301. The summed E-state index contributed by atoms with van der Waals surface area (Å²) >= 11 is 0. The fourth-order valence-electron chi connectivity index (χ4n) is 4.64. The first kappa shape index (κ1) is 28.6. The van der Waals surface area contributed by atoms with E-state index < -0.39 is 0 Å². The summed E-state index contributed by atoms with van der Waals surface area (Å²) in [5.74, 6) is 0.402. The van der Waals surface area contributed by atoms with Crippen LogP contribution in [0.1, 0.15) is 117 Å². The number of hydrogen-bond acceptors (Lipinski definition) is 4. The monoisotopic (exact) mass is 452 g/mol. The maximum atomic E-state index is 11.7. The van der Waals surface area contributed by atoms with Gasteiger partial charge in [0.15, 0.2) is 0 Å². The molecule has 0 unspecified atom stereocenters. The Kier molecular flexibility index (Phi) is 16.1. The van der Waals surface area contributed by atoms with E-state index in [1.807, 2.05) is 4.90 Å². The first-order valence-corrected chi connectivity index (χ1v) is 13.2. The third-order valence-corrected chi connectivity index (χ3v) is 6.67. The molecule has 1 N–H and O–H groups in total. The number of aliphatic hydroxyl groups excluding tert-OH is 1. The number of carbonyl (C=O) groups is 3. The van der Waals surface area contributed by atoms with E-state index in [1.165, 1.54) is 51.4 Å². The minimum Gasteiger partial charge on any atom is -0.394 e. The lowest BCUT2D eigenvalue weighted by atomic mass is 10.0. The average molecular weight is 453 g/mol. The molecule has 0 saturated carbocycles. The molecule has 2 fully saturated rings. The molecule has 0 bridgehead atoms. The minimum atomic E-state index is -0.146. The van der Waals surface area contributed by atoms with E-state index in [0.29, 0.717) is 12.8 Å². The van der Waals surface area contributed by atoms with Crippen LogP contribution in [0.3, 0.4) is 0 Å². The first-order chi connectivity index (χ1) is 15.6. The van der Waals surface area contributed by atoms with Crippen molar-refractivity contribution in [2.24, 2.45) is 0 Å². The van der Waals surface area contributed by atoms with Crippen LogP contribution in [-0.2, 0) is 14.4 Å². The van der Waals surface area contributed by atoms with E-state index in [0.717, 1.165) is 57.9 Å². The lowest BCUT2D eigenvalue weighted by Crippen LogP contribution is -2.45. The fraction of sp³-hybridized carbons (Fsp3) is 0.885. The van der Waals surface area contributed by atoms with Crippen LogP contribution < -0.4 is 0 Å². The van der Waals surface area contributed by atoms with Crippen molar-refractivity contribution in [1.29, 1.82) is 0 Å². The Hall–Kier alpha value is -1.43. The third kappa shape index (κ3) is 10.9. The molecule has 2 aliphatic heterocycles. The number of likely N-dealkylation sites (tertiary alicyclic amines) is 2. The number of nitrogens with zero attached hydrogens (tertiary/aromatic N) is 2. The number of aldehydes is 1. The van der Waals surface area contributed by atoms with E-state index in [4.69, 9.17) is 0 Å². The van der Waals surface area contributed by atoms with E-state index in [-0.39, 0.29) is 30.5 Å². The number of amides is 2. The van der Waals surface area contributed by atoms with Crippen LogP contribution in [-0.4, -0.2) is 64.8 Å². The summed E-state index contributed by atoms with van der Waals surface area (Å²) in [5, 5.41) is 9.23. The van der Waals surface area contributed by atoms with Crippen molar-refractivity contribution < 1.29 is 19.5 Å². The number of piperidine rings is 2. The topological polar surface area (TPSA) is 77.9 Å². The number of aliphatic hydroxyl groups is 1. The van der Waals surface area contributed by atoms with Crippen molar-refractivity contribution in [2.45, 2.75) is 129 Å². The van der Waals surface area contributed by atoms with Crippen LogP contribution >= 0.6 is 0 Å². The normalized spacial score (nSPS) is 21.3. The molecule has 0 aromatic heterocycles. The van der Waals surface area contributed by atoms with Crippen LogP contribution in [0, 0.1) is 0 Å². The molecular weight excluding hydrogens is 404 g/mol. The number of hydrogen-bond donors (Lipinski definition) is 1. The van der Waals surface area contributed by atoms with E-state index in [9.17, 15) is 19.5 Å². The lowest BCUT2D eigenvalue weighted by Gasteiger charge is -2.34. The molecule has 2 saturated heterocycles. The second-order valence-corrected chi connectivity index (χ2v) is 9.33. The Balaban J connectivity index is 0.000000320. The van der Waals surface area contributed by atoms with Crippen LogP contribution in [0.15, 0.2) is 0 Å². The van der Waals surface area contributed by atoms with E-state index in [2.05, 4.69) is 13.8 Å². The van der Waals surface area contributed by atoms with Crippen LogP contribution in [0.5, 0.6) is 0 Å². The molecule has 0 spiro atoms. The average Bonchev–Trinajstić information content (AvgIpc) is 2.80. The lowest BCUT2D eigenvalue weighted by molar-refractivity contribution is -0.139. The zero-order valence-electron chi connectivity index (χ0n) is 20.7. The maximum Gasteiger partial charge on any atom is 0.223 e. The molecule has 0 aromatic rings. The van der Waals surface area contributed by atoms with Gasteiger partial charge in [0, 0.05) is 25.9 Å². The Morgan fingerprint density at radius 2 is 1.28 bits per heavy atom. The van der Waals surface area contributed by atoms with Gasteiger partial charge in [0.05, 0.1) is 18.7 Å². The van der Waals surface area contributed by atoms with Gasteiger partial charge < -0.3 is 19.7 Å². The molecule has 2 atom stereocenters. The summed E-state index contributed by atoms with van der Waals surface area (Å²) in [6.45, 7) is 6.13. The number of rotatable bonds is 14. The van der Waals surface area contributed by atoms with Gasteiger partial charge in [-0.15, -0.1) is 0 Å². The molecule has 6 heteroatoms. The van der Waals surface area contributed by atoms with Crippen molar-refractivity contribution in [1.82, 2.24) is 9.80 Å². The highest BCUT2D eigenvalue weighted by atomic mass is 16.3. The summed E-state index contributed by atoms with van der Waals surface area (Å²) in [6.07, 6.45) is 17.9. The summed E-state index contributed by atoms with van der Waals surface area (Å²) in [5.41, 5.74) is 0. The van der Waals surface area contributed by atoms with Gasteiger partial charge in [-0.25, -0.2) is 0 Å². The number of carbonyl (C=O) groups excluding carboxylic acids is 3. The fourth-order valence-corrected chi connectivity index (χ4v) is 4.64. The third-order valence-electron chi connectivity index (χ3n) is 6.67. The summed E-state index contributed by atoms with van der Waals surface area (Å²) in [4.78, 5) is 37.9. The molecule has 6 nitrogen and oxygen atoms in total. The van der Waals surface area contributed by atoms with Gasteiger partial charge >= 0.3 is 0 Å². The Labute approximate surface area is 196 Å². The molecule has 2 aliphatic rings. The highest BCUT2D eigenvalue weighted by molar-refractivity contribution is 5.81. The Morgan fingerprint density at radius 3 is 1.81 bits per heavy atom. The van der Waals surface area contributed by atoms with Crippen molar-refractivity contribution in [3.05, 3.63) is 0 Å². The molecule has 0 radical (unpaired) electrons. The van der Waals surface area contributed by atoms with Crippen molar-refractivity contribution in [2.75, 3.05) is 19.7 Å². The molecule has 2 amide bonds. The smallest absolute Gasteiger partial charge is 0.223 e. The number of unbranched alkanes of at least 4 members (excludes halogenated alkanes) is 8. The highest BCUT2D eigenvalue weighted by Crippen LogP contribution is 2.19. The standard InChI is InChI=1S/C13H25NO2.C13H23NO2/c2*1-2-3-4-5-6-10-14-12(11-15)8-7-9-13(14)16/h12,15H,2-11H2,1H3;11-12H,2-10H2,1H3/t2*12-/m11/s1. The zero-order chi connectivity index (χ0) is 23.6. The van der Waals surface area contributed by atoms with Crippen molar-refractivity contribution in [3.63, 3.8) is 0 Å². The summed E-state index contributed by atoms with van der Waals surface area (Å²) in [7, 11) is 0. The summed E-state index contributed by atoms with van der Waals surface area (Å²) < 4.78 is 0. The SMILES string of the molecule is CCCCCCCN1C(=O)CCC[C@@H]1C=O.CCCCCCCN1C(=O)CCC[C@@H]1CO. The molecule has 0 aromatic carbocycles. The zero-order valence-corrected chi connectivity index (χ0v) is 20.7. The molecule has 32 heavy (non-hydrogen) atoms.